The SMILES string of the molecule is c1ccc(-c2csc(-c3ccc(-c4nc5ccccc5[nH]4)cc3)n2)cc1. The van der Waals surface area contributed by atoms with Crippen LogP contribution in [0.3, 0.4) is 0 Å². The Morgan fingerprint density at radius 2 is 1.38 bits per heavy atom. The van der Waals surface area contributed by atoms with Gasteiger partial charge in [-0.2, -0.15) is 0 Å². The summed E-state index contributed by atoms with van der Waals surface area (Å²) in [6.07, 6.45) is 0. The van der Waals surface area contributed by atoms with Gasteiger partial charge < -0.3 is 4.98 Å². The number of nitrogens with one attached hydrogen (secondary N) is 1. The number of para-hydroxylation sites is 2. The molecule has 0 radical (unpaired) electrons. The van der Waals surface area contributed by atoms with Crippen molar-refractivity contribution in [1.29, 1.82) is 0 Å². The Morgan fingerprint density at radius 1 is 0.654 bits per heavy atom. The minimum absolute atomic E-state index is 0.891. The van der Waals surface area contributed by atoms with Crippen LogP contribution in [0, 0.1) is 0 Å². The van der Waals surface area contributed by atoms with Crippen molar-refractivity contribution < 1.29 is 0 Å². The van der Waals surface area contributed by atoms with E-state index < -0.39 is 0 Å². The zero-order valence-electron chi connectivity index (χ0n) is 13.9. The molecule has 0 amide bonds. The lowest BCUT2D eigenvalue weighted by atomic mass is 10.1. The van der Waals surface area contributed by atoms with Crippen molar-refractivity contribution in [3.05, 3.63) is 84.2 Å². The summed E-state index contributed by atoms with van der Waals surface area (Å²) in [5.41, 5.74) is 6.40. The number of imidazole rings is 1. The highest BCUT2D eigenvalue weighted by Gasteiger charge is 2.08. The third-order valence-corrected chi connectivity index (χ3v) is 5.26. The third-order valence-electron chi connectivity index (χ3n) is 4.37. The van der Waals surface area contributed by atoms with E-state index >= 15 is 0 Å². The van der Waals surface area contributed by atoms with Crippen LogP contribution in [0.15, 0.2) is 84.2 Å². The Labute approximate surface area is 155 Å². The summed E-state index contributed by atoms with van der Waals surface area (Å²) in [4.78, 5) is 12.8. The molecule has 0 saturated heterocycles. The molecular formula is C22H15N3S. The van der Waals surface area contributed by atoms with Gasteiger partial charge in [-0.15, -0.1) is 11.3 Å². The highest BCUT2D eigenvalue weighted by molar-refractivity contribution is 7.13. The van der Waals surface area contributed by atoms with Gasteiger partial charge in [-0.25, -0.2) is 9.97 Å². The normalized spacial score (nSPS) is 11.1. The van der Waals surface area contributed by atoms with Gasteiger partial charge in [0, 0.05) is 22.1 Å². The van der Waals surface area contributed by atoms with E-state index in [0.29, 0.717) is 0 Å². The van der Waals surface area contributed by atoms with E-state index in [0.717, 1.165) is 44.2 Å². The Kier molecular flexibility index (Phi) is 3.61. The number of fused-ring (bicyclic) bond motifs is 1. The highest BCUT2D eigenvalue weighted by atomic mass is 32.1. The van der Waals surface area contributed by atoms with Crippen LogP contribution in [-0.2, 0) is 0 Å². The van der Waals surface area contributed by atoms with Crippen molar-refractivity contribution in [1.82, 2.24) is 15.0 Å². The number of aromatic amines is 1. The molecular weight excluding hydrogens is 338 g/mol. The van der Waals surface area contributed by atoms with Crippen LogP contribution in [0.2, 0.25) is 0 Å². The van der Waals surface area contributed by atoms with Crippen molar-refractivity contribution in [2.45, 2.75) is 0 Å². The second-order valence-corrected chi connectivity index (χ2v) is 6.94. The van der Waals surface area contributed by atoms with E-state index in [-0.39, 0.29) is 0 Å². The summed E-state index contributed by atoms with van der Waals surface area (Å²) in [5.74, 6) is 0.891. The maximum absolute atomic E-state index is 4.78. The van der Waals surface area contributed by atoms with Gasteiger partial charge in [0.05, 0.1) is 16.7 Å². The minimum atomic E-state index is 0.891. The number of H-pyrrole nitrogens is 1. The van der Waals surface area contributed by atoms with Crippen LogP contribution in [-0.4, -0.2) is 15.0 Å². The highest BCUT2D eigenvalue weighted by Crippen LogP contribution is 2.30. The molecule has 2 aromatic heterocycles. The molecule has 0 bridgehead atoms. The van der Waals surface area contributed by atoms with Gasteiger partial charge in [0.15, 0.2) is 0 Å². The standard InChI is InChI=1S/C22H15N3S/c1-2-6-15(7-3-1)20-14-26-22(25-20)17-12-10-16(11-13-17)21-23-18-8-4-5-9-19(18)24-21/h1-14H,(H,23,24). The van der Waals surface area contributed by atoms with Gasteiger partial charge in [-0.3, -0.25) is 0 Å². The van der Waals surface area contributed by atoms with Crippen LogP contribution in [0.1, 0.15) is 0 Å². The van der Waals surface area contributed by atoms with Crippen LogP contribution in [0.5, 0.6) is 0 Å². The van der Waals surface area contributed by atoms with Crippen LogP contribution in [0.4, 0.5) is 0 Å². The molecule has 4 heteroatoms. The Morgan fingerprint density at radius 3 is 2.19 bits per heavy atom. The van der Waals surface area contributed by atoms with Crippen LogP contribution in [0.25, 0.3) is 44.2 Å². The predicted molar refractivity (Wildman–Crippen MR) is 108 cm³/mol. The molecule has 5 rings (SSSR count). The zero-order chi connectivity index (χ0) is 17.3. The molecule has 3 aromatic carbocycles. The van der Waals surface area contributed by atoms with E-state index in [1.807, 2.05) is 42.5 Å². The average Bonchev–Trinajstić information content (AvgIpc) is 3.36. The second kappa shape index (κ2) is 6.24. The first-order chi connectivity index (χ1) is 12.9. The van der Waals surface area contributed by atoms with E-state index in [9.17, 15) is 0 Å². The molecule has 0 saturated carbocycles. The number of rotatable bonds is 3. The fraction of sp³-hybridized carbons (Fsp3) is 0. The van der Waals surface area contributed by atoms with Crippen LogP contribution < -0.4 is 0 Å². The van der Waals surface area contributed by atoms with Crippen molar-refractivity contribution in [3.63, 3.8) is 0 Å². The largest absolute Gasteiger partial charge is 0.338 e. The van der Waals surface area contributed by atoms with Crippen molar-refractivity contribution in [2.75, 3.05) is 0 Å². The van der Waals surface area contributed by atoms with Gasteiger partial charge >= 0.3 is 0 Å². The monoisotopic (exact) mass is 353 g/mol. The molecule has 1 N–H and O–H groups in total. The number of hydrogen-bond donors (Lipinski definition) is 1. The number of thiazole rings is 1. The van der Waals surface area contributed by atoms with E-state index in [1.54, 1.807) is 11.3 Å². The molecule has 0 fully saturated rings. The lowest BCUT2D eigenvalue weighted by Gasteiger charge is -2.00. The fourth-order valence-corrected chi connectivity index (χ4v) is 3.84. The molecule has 0 unspecified atom stereocenters. The maximum atomic E-state index is 4.78. The predicted octanol–water partition coefficient (Wildman–Crippen LogP) is 6.02. The van der Waals surface area contributed by atoms with Gasteiger partial charge in [-0.05, 0) is 12.1 Å². The van der Waals surface area contributed by atoms with E-state index in [1.165, 1.54) is 0 Å². The molecule has 2 heterocycles. The summed E-state index contributed by atoms with van der Waals surface area (Å²) in [5, 5.41) is 3.14. The lowest BCUT2D eigenvalue weighted by Crippen LogP contribution is -1.82. The smallest absolute Gasteiger partial charge is 0.138 e. The van der Waals surface area contributed by atoms with Crippen molar-refractivity contribution in [3.8, 4) is 33.2 Å². The van der Waals surface area contributed by atoms with Crippen molar-refractivity contribution in [2.24, 2.45) is 0 Å². The zero-order valence-corrected chi connectivity index (χ0v) is 14.7. The summed E-state index contributed by atoms with van der Waals surface area (Å²) in [6, 6.07) is 26.8. The summed E-state index contributed by atoms with van der Waals surface area (Å²) in [6.45, 7) is 0. The molecule has 0 aliphatic heterocycles. The number of benzene rings is 3. The Bertz CT molecular complexity index is 1140. The third kappa shape index (κ3) is 2.70. The summed E-state index contributed by atoms with van der Waals surface area (Å²) < 4.78 is 0. The number of hydrogen-bond acceptors (Lipinski definition) is 3. The van der Waals surface area contributed by atoms with Gasteiger partial charge in [0.2, 0.25) is 0 Å². The molecule has 5 aromatic rings. The first-order valence-corrected chi connectivity index (χ1v) is 9.31. The molecule has 0 spiro atoms. The van der Waals surface area contributed by atoms with Gasteiger partial charge in [-0.1, -0.05) is 66.7 Å². The molecule has 26 heavy (non-hydrogen) atoms. The van der Waals surface area contributed by atoms with Gasteiger partial charge in [0.1, 0.15) is 10.8 Å². The molecule has 124 valence electrons. The van der Waals surface area contributed by atoms with Crippen molar-refractivity contribution >= 4 is 22.4 Å². The minimum Gasteiger partial charge on any atom is -0.338 e. The maximum Gasteiger partial charge on any atom is 0.138 e. The molecule has 0 aliphatic rings. The Balaban J connectivity index is 1.46. The molecule has 0 aliphatic carbocycles. The molecule has 3 nitrogen and oxygen atoms in total. The lowest BCUT2D eigenvalue weighted by molar-refractivity contribution is 1.33. The number of aromatic nitrogens is 3. The second-order valence-electron chi connectivity index (χ2n) is 6.08. The fourth-order valence-electron chi connectivity index (χ4n) is 3.01. The quantitative estimate of drug-likeness (QED) is 0.431. The number of nitrogens with zero attached hydrogens (tertiary/aromatic N) is 2. The summed E-state index contributed by atoms with van der Waals surface area (Å²) in [7, 11) is 0. The topological polar surface area (TPSA) is 41.6 Å². The average molecular weight is 353 g/mol. The first kappa shape index (κ1) is 15.0. The summed E-state index contributed by atoms with van der Waals surface area (Å²) >= 11 is 1.67. The van der Waals surface area contributed by atoms with Crippen LogP contribution >= 0.6 is 11.3 Å². The Hall–Kier alpha value is -3.24. The first-order valence-electron chi connectivity index (χ1n) is 8.43. The van der Waals surface area contributed by atoms with E-state index in [2.05, 4.69) is 51.7 Å². The van der Waals surface area contributed by atoms with Gasteiger partial charge in [0.25, 0.3) is 0 Å². The van der Waals surface area contributed by atoms with E-state index in [4.69, 9.17) is 4.98 Å². The molecule has 0 atom stereocenters.